The Balaban J connectivity index is 2.07. The van der Waals surface area contributed by atoms with E-state index < -0.39 is 6.10 Å². The van der Waals surface area contributed by atoms with Gasteiger partial charge in [-0.05, 0) is 42.0 Å². The summed E-state index contributed by atoms with van der Waals surface area (Å²) in [6.45, 7) is 0.722. The molecule has 17 heavy (non-hydrogen) atoms. The number of aryl methyl sites for hydroxylation is 1. The highest BCUT2D eigenvalue weighted by atomic mass is 32.1. The normalized spacial score (nSPS) is 12.6. The Hall–Kier alpha value is -1.16. The van der Waals surface area contributed by atoms with Gasteiger partial charge in [0.25, 0.3) is 0 Å². The van der Waals surface area contributed by atoms with Gasteiger partial charge in [0.15, 0.2) is 0 Å². The number of nitrogens with two attached hydrogens (primary N) is 1. The van der Waals surface area contributed by atoms with E-state index in [1.807, 2.05) is 29.6 Å². The predicted octanol–water partition coefficient (Wildman–Crippen LogP) is 2.72. The largest absolute Gasteiger partial charge is 0.383 e. The molecule has 3 N–H and O–H groups in total. The smallest absolute Gasteiger partial charge is 0.113 e. The summed E-state index contributed by atoms with van der Waals surface area (Å²) in [5, 5.41) is 12.1. The SMILES string of the molecule is NCCCc1ccc(C(O)c2cccs2)cc1. The highest BCUT2D eigenvalue weighted by Gasteiger charge is 2.10. The van der Waals surface area contributed by atoms with Crippen molar-refractivity contribution >= 4 is 11.3 Å². The van der Waals surface area contributed by atoms with Crippen molar-refractivity contribution in [2.75, 3.05) is 6.54 Å². The van der Waals surface area contributed by atoms with E-state index in [-0.39, 0.29) is 0 Å². The first-order chi connectivity index (χ1) is 8.31. The standard InChI is InChI=1S/C14H17NOS/c15-9-1-3-11-5-7-12(8-6-11)14(16)13-4-2-10-17-13/h2,4-8,10,14,16H,1,3,9,15H2. The Labute approximate surface area is 106 Å². The lowest BCUT2D eigenvalue weighted by Crippen LogP contribution is -2.01. The van der Waals surface area contributed by atoms with Crippen LogP contribution in [0, 0.1) is 0 Å². The molecule has 2 rings (SSSR count). The third-order valence-corrected chi connectivity index (χ3v) is 3.70. The third kappa shape index (κ3) is 3.16. The maximum atomic E-state index is 10.1. The van der Waals surface area contributed by atoms with E-state index in [9.17, 15) is 5.11 Å². The van der Waals surface area contributed by atoms with Crippen LogP contribution in [-0.4, -0.2) is 11.7 Å². The Bertz CT molecular complexity index is 436. The van der Waals surface area contributed by atoms with Gasteiger partial charge in [-0.25, -0.2) is 0 Å². The summed E-state index contributed by atoms with van der Waals surface area (Å²) >= 11 is 1.58. The van der Waals surface area contributed by atoms with Gasteiger partial charge in [-0.2, -0.15) is 0 Å². The lowest BCUT2D eigenvalue weighted by atomic mass is 10.0. The van der Waals surface area contributed by atoms with Gasteiger partial charge in [0, 0.05) is 4.88 Å². The van der Waals surface area contributed by atoms with E-state index >= 15 is 0 Å². The summed E-state index contributed by atoms with van der Waals surface area (Å²) in [7, 11) is 0. The number of aliphatic hydroxyl groups is 1. The molecule has 0 spiro atoms. The van der Waals surface area contributed by atoms with Crippen LogP contribution >= 0.6 is 11.3 Å². The van der Waals surface area contributed by atoms with Gasteiger partial charge in [0.05, 0.1) is 0 Å². The molecule has 2 nitrogen and oxygen atoms in total. The first-order valence-corrected chi connectivity index (χ1v) is 6.69. The molecule has 0 saturated heterocycles. The molecule has 0 aliphatic rings. The fourth-order valence-electron chi connectivity index (χ4n) is 1.78. The van der Waals surface area contributed by atoms with Crippen molar-refractivity contribution in [3.8, 4) is 0 Å². The molecule has 0 saturated carbocycles. The quantitative estimate of drug-likeness (QED) is 0.853. The van der Waals surface area contributed by atoms with Gasteiger partial charge in [0.1, 0.15) is 6.10 Å². The number of hydrogen-bond donors (Lipinski definition) is 2. The number of thiophene rings is 1. The zero-order valence-corrected chi connectivity index (χ0v) is 10.5. The minimum absolute atomic E-state index is 0.501. The zero-order chi connectivity index (χ0) is 12.1. The molecule has 3 heteroatoms. The average molecular weight is 247 g/mol. The lowest BCUT2D eigenvalue weighted by molar-refractivity contribution is 0.224. The Kier molecular flexibility index (Phi) is 4.31. The van der Waals surface area contributed by atoms with Gasteiger partial charge in [-0.1, -0.05) is 30.3 Å². The second-order valence-electron chi connectivity index (χ2n) is 4.05. The zero-order valence-electron chi connectivity index (χ0n) is 9.67. The Morgan fingerprint density at radius 3 is 2.53 bits per heavy atom. The van der Waals surface area contributed by atoms with E-state index in [0.717, 1.165) is 29.8 Å². The van der Waals surface area contributed by atoms with Crippen LogP contribution < -0.4 is 5.73 Å². The van der Waals surface area contributed by atoms with Gasteiger partial charge in [-0.15, -0.1) is 11.3 Å². The maximum absolute atomic E-state index is 10.1. The molecule has 1 atom stereocenters. The monoisotopic (exact) mass is 247 g/mol. The molecule has 0 aliphatic heterocycles. The maximum Gasteiger partial charge on any atom is 0.113 e. The molecule has 90 valence electrons. The van der Waals surface area contributed by atoms with Crippen molar-refractivity contribution in [2.45, 2.75) is 18.9 Å². The molecular formula is C14H17NOS. The number of hydrogen-bond acceptors (Lipinski definition) is 3. The van der Waals surface area contributed by atoms with Gasteiger partial charge in [0.2, 0.25) is 0 Å². The van der Waals surface area contributed by atoms with E-state index in [4.69, 9.17) is 5.73 Å². The van der Waals surface area contributed by atoms with Gasteiger partial charge in [-0.3, -0.25) is 0 Å². The summed E-state index contributed by atoms with van der Waals surface area (Å²) in [6.07, 6.45) is 1.51. The van der Waals surface area contributed by atoms with Crippen molar-refractivity contribution in [2.24, 2.45) is 5.73 Å². The molecule has 1 heterocycles. The number of aliphatic hydroxyl groups excluding tert-OH is 1. The van der Waals surface area contributed by atoms with Crippen LogP contribution in [0.1, 0.15) is 28.5 Å². The van der Waals surface area contributed by atoms with Crippen LogP contribution in [0.2, 0.25) is 0 Å². The Morgan fingerprint density at radius 1 is 1.18 bits per heavy atom. The minimum Gasteiger partial charge on any atom is -0.383 e. The molecule has 0 amide bonds. The van der Waals surface area contributed by atoms with Crippen LogP contribution in [0.3, 0.4) is 0 Å². The van der Waals surface area contributed by atoms with Gasteiger partial charge >= 0.3 is 0 Å². The first kappa shape index (κ1) is 12.3. The molecule has 0 fully saturated rings. The van der Waals surface area contributed by atoms with E-state index in [0.29, 0.717) is 0 Å². The highest BCUT2D eigenvalue weighted by molar-refractivity contribution is 7.10. The van der Waals surface area contributed by atoms with Crippen LogP contribution in [0.25, 0.3) is 0 Å². The fourth-order valence-corrected chi connectivity index (χ4v) is 2.52. The van der Waals surface area contributed by atoms with E-state index in [1.54, 1.807) is 11.3 Å². The van der Waals surface area contributed by atoms with Crippen molar-refractivity contribution in [3.63, 3.8) is 0 Å². The molecule has 1 aromatic carbocycles. The van der Waals surface area contributed by atoms with Crippen LogP contribution in [0.5, 0.6) is 0 Å². The predicted molar refractivity (Wildman–Crippen MR) is 72.2 cm³/mol. The molecule has 0 radical (unpaired) electrons. The van der Waals surface area contributed by atoms with Crippen molar-refractivity contribution in [3.05, 3.63) is 57.8 Å². The second kappa shape index (κ2) is 5.96. The second-order valence-corrected chi connectivity index (χ2v) is 5.03. The van der Waals surface area contributed by atoms with Crippen molar-refractivity contribution < 1.29 is 5.11 Å². The molecule has 2 aromatic rings. The average Bonchev–Trinajstić information content (AvgIpc) is 2.90. The summed E-state index contributed by atoms with van der Waals surface area (Å²) in [5.74, 6) is 0. The lowest BCUT2D eigenvalue weighted by Gasteiger charge is -2.09. The number of benzene rings is 1. The van der Waals surface area contributed by atoms with Gasteiger partial charge < -0.3 is 10.8 Å². The van der Waals surface area contributed by atoms with Crippen LogP contribution in [0.4, 0.5) is 0 Å². The summed E-state index contributed by atoms with van der Waals surface area (Å²) < 4.78 is 0. The van der Waals surface area contributed by atoms with Crippen LogP contribution in [-0.2, 0) is 6.42 Å². The van der Waals surface area contributed by atoms with Crippen molar-refractivity contribution in [1.82, 2.24) is 0 Å². The fraction of sp³-hybridized carbons (Fsp3) is 0.286. The third-order valence-electron chi connectivity index (χ3n) is 2.78. The summed E-state index contributed by atoms with van der Waals surface area (Å²) in [4.78, 5) is 0.986. The molecule has 0 aliphatic carbocycles. The Morgan fingerprint density at radius 2 is 1.94 bits per heavy atom. The molecular weight excluding hydrogens is 230 g/mol. The summed E-state index contributed by atoms with van der Waals surface area (Å²) in [5.41, 5.74) is 7.70. The minimum atomic E-state index is -0.501. The first-order valence-electron chi connectivity index (χ1n) is 5.81. The molecule has 1 unspecified atom stereocenters. The highest BCUT2D eigenvalue weighted by Crippen LogP contribution is 2.25. The topological polar surface area (TPSA) is 46.2 Å². The number of rotatable bonds is 5. The van der Waals surface area contributed by atoms with E-state index in [1.165, 1.54) is 5.56 Å². The summed E-state index contributed by atoms with van der Waals surface area (Å²) in [6, 6.07) is 12.0. The van der Waals surface area contributed by atoms with Crippen LogP contribution in [0.15, 0.2) is 41.8 Å². The molecule has 0 bridgehead atoms. The van der Waals surface area contributed by atoms with E-state index in [2.05, 4.69) is 12.1 Å². The molecule has 1 aromatic heterocycles. The van der Waals surface area contributed by atoms with Crippen molar-refractivity contribution in [1.29, 1.82) is 0 Å².